The first-order valence-electron chi connectivity index (χ1n) is 10.5. The van der Waals surface area contributed by atoms with Gasteiger partial charge in [0.05, 0.1) is 24.5 Å². The number of carbonyl (C=O) groups excluding carboxylic acids is 1. The van der Waals surface area contributed by atoms with Crippen LogP contribution in [0.3, 0.4) is 0 Å². The van der Waals surface area contributed by atoms with Gasteiger partial charge in [-0.2, -0.15) is 0 Å². The van der Waals surface area contributed by atoms with E-state index in [1.54, 1.807) is 29.3 Å². The second-order valence-corrected chi connectivity index (χ2v) is 9.61. The zero-order valence-corrected chi connectivity index (χ0v) is 19.2. The Balaban J connectivity index is 1.28. The molecule has 0 spiro atoms. The molecule has 164 valence electrons. The highest BCUT2D eigenvalue weighted by Gasteiger charge is 2.20. The van der Waals surface area contributed by atoms with Gasteiger partial charge in [-0.3, -0.25) is 14.2 Å². The van der Waals surface area contributed by atoms with E-state index in [1.807, 2.05) is 29.6 Å². The number of benzene rings is 1. The number of aromatic nitrogens is 3. The van der Waals surface area contributed by atoms with Crippen molar-refractivity contribution in [1.29, 1.82) is 0 Å². The number of ether oxygens (including phenoxy) is 1. The number of nitrogens with zero attached hydrogens (tertiary/aromatic N) is 3. The molecule has 32 heavy (non-hydrogen) atoms. The Bertz CT molecular complexity index is 1360. The minimum Gasteiger partial charge on any atom is -0.496 e. The third-order valence-corrected chi connectivity index (χ3v) is 7.61. The number of thiazole rings is 1. The van der Waals surface area contributed by atoms with Crippen LogP contribution in [0.4, 0.5) is 5.13 Å². The first-order chi connectivity index (χ1) is 15.6. The van der Waals surface area contributed by atoms with Crippen LogP contribution in [0.1, 0.15) is 29.7 Å². The molecule has 0 saturated carbocycles. The average Bonchev–Trinajstić information content (AvgIpc) is 3.43. The number of para-hydroxylation sites is 1. The standard InChI is InChI=1S/C23H22N4O3S2/c1-30-17-8-4-2-6-14(17)16-12-31-23(25-16)26-19(28)10-11-27-13-24-21-20(22(27)29)15-7-3-5-9-18(15)32-21/h2,4,6,8,12-13H,3,5,7,9-11H2,1H3,(H,25,26,28). The molecule has 0 fully saturated rings. The number of rotatable bonds is 6. The highest BCUT2D eigenvalue weighted by molar-refractivity contribution is 7.18. The molecule has 0 unspecified atom stereocenters. The predicted molar refractivity (Wildman–Crippen MR) is 128 cm³/mol. The lowest BCUT2D eigenvalue weighted by atomic mass is 9.97. The number of hydrogen-bond acceptors (Lipinski definition) is 7. The topological polar surface area (TPSA) is 86.1 Å². The molecular formula is C23H22N4O3S2. The molecule has 9 heteroatoms. The second-order valence-electron chi connectivity index (χ2n) is 7.67. The minimum atomic E-state index is -0.190. The summed E-state index contributed by atoms with van der Waals surface area (Å²) in [5.41, 5.74) is 2.74. The monoisotopic (exact) mass is 466 g/mol. The highest BCUT2D eigenvalue weighted by Crippen LogP contribution is 2.34. The molecule has 1 aliphatic carbocycles. The van der Waals surface area contributed by atoms with Gasteiger partial charge in [-0.15, -0.1) is 22.7 Å². The zero-order valence-electron chi connectivity index (χ0n) is 17.6. The van der Waals surface area contributed by atoms with E-state index in [9.17, 15) is 9.59 Å². The van der Waals surface area contributed by atoms with Crippen LogP contribution in [0.2, 0.25) is 0 Å². The Hall–Kier alpha value is -3.04. The molecule has 0 radical (unpaired) electrons. The summed E-state index contributed by atoms with van der Waals surface area (Å²) < 4.78 is 6.94. The smallest absolute Gasteiger partial charge is 0.262 e. The van der Waals surface area contributed by atoms with Crippen molar-refractivity contribution < 1.29 is 9.53 Å². The molecule has 1 aromatic carbocycles. The van der Waals surface area contributed by atoms with E-state index in [0.29, 0.717) is 5.13 Å². The number of hydrogen-bond donors (Lipinski definition) is 1. The first-order valence-corrected chi connectivity index (χ1v) is 12.2. The summed E-state index contributed by atoms with van der Waals surface area (Å²) in [7, 11) is 1.62. The van der Waals surface area contributed by atoms with Gasteiger partial charge in [0.15, 0.2) is 5.13 Å². The number of amides is 1. The summed E-state index contributed by atoms with van der Waals surface area (Å²) in [6.07, 6.45) is 5.98. The van der Waals surface area contributed by atoms with Crippen LogP contribution in [-0.4, -0.2) is 27.6 Å². The SMILES string of the molecule is COc1ccccc1-c1csc(NC(=O)CCn2cnc3sc4c(c3c2=O)CCCC4)n1. The normalized spacial score (nSPS) is 13.2. The number of anilines is 1. The molecule has 3 heterocycles. The van der Waals surface area contributed by atoms with Crippen molar-refractivity contribution in [3.63, 3.8) is 0 Å². The van der Waals surface area contributed by atoms with Crippen molar-refractivity contribution in [3.05, 3.63) is 56.8 Å². The second kappa shape index (κ2) is 8.84. The molecule has 0 atom stereocenters. The van der Waals surface area contributed by atoms with E-state index < -0.39 is 0 Å². The van der Waals surface area contributed by atoms with E-state index in [4.69, 9.17) is 4.74 Å². The number of thiophene rings is 1. The molecule has 1 amide bonds. The first kappa shape index (κ1) is 20.8. The number of fused-ring (bicyclic) bond motifs is 3. The van der Waals surface area contributed by atoms with E-state index in [0.717, 1.165) is 46.5 Å². The lowest BCUT2D eigenvalue weighted by Gasteiger charge is -2.10. The summed E-state index contributed by atoms with van der Waals surface area (Å²) in [5, 5.41) is 5.98. The third kappa shape index (κ3) is 3.93. The maximum atomic E-state index is 13.0. The molecule has 0 bridgehead atoms. The fourth-order valence-corrected chi connectivity index (χ4v) is 6.00. The van der Waals surface area contributed by atoms with Crippen LogP contribution in [0.5, 0.6) is 5.75 Å². The van der Waals surface area contributed by atoms with Crippen molar-refractivity contribution in [2.45, 2.75) is 38.6 Å². The summed E-state index contributed by atoms with van der Waals surface area (Å²) in [4.78, 5) is 36.6. The van der Waals surface area contributed by atoms with Crippen LogP contribution in [0.15, 0.2) is 40.8 Å². The third-order valence-electron chi connectivity index (χ3n) is 5.66. The minimum absolute atomic E-state index is 0.0464. The molecule has 4 aromatic rings. The fraction of sp³-hybridized carbons (Fsp3) is 0.304. The van der Waals surface area contributed by atoms with Crippen molar-refractivity contribution in [3.8, 4) is 17.0 Å². The molecule has 7 nitrogen and oxygen atoms in total. The van der Waals surface area contributed by atoms with Crippen LogP contribution in [-0.2, 0) is 24.2 Å². The lowest BCUT2D eigenvalue weighted by Crippen LogP contribution is -2.24. The Labute approximate surface area is 192 Å². The van der Waals surface area contributed by atoms with Gasteiger partial charge < -0.3 is 10.1 Å². The van der Waals surface area contributed by atoms with E-state index in [1.165, 1.54) is 28.2 Å². The Kier molecular flexibility index (Phi) is 5.75. The molecule has 3 aromatic heterocycles. The van der Waals surface area contributed by atoms with Gasteiger partial charge in [0.1, 0.15) is 10.6 Å². The summed E-state index contributed by atoms with van der Waals surface area (Å²) in [5.74, 6) is 0.541. The van der Waals surface area contributed by atoms with Crippen molar-refractivity contribution in [2.24, 2.45) is 0 Å². The Morgan fingerprint density at radius 2 is 2.09 bits per heavy atom. The number of aryl methyl sites for hydroxylation is 3. The van der Waals surface area contributed by atoms with Gasteiger partial charge in [-0.25, -0.2) is 9.97 Å². The van der Waals surface area contributed by atoms with Crippen LogP contribution in [0.25, 0.3) is 21.5 Å². The van der Waals surface area contributed by atoms with Gasteiger partial charge in [-0.05, 0) is 43.4 Å². The Morgan fingerprint density at radius 1 is 1.25 bits per heavy atom. The molecule has 1 aliphatic rings. The van der Waals surface area contributed by atoms with E-state index in [-0.39, 0.29) is 24.4 Å². The maximum absolute atomic E-state index is 13.0. The number of nitrogens with one attached hydrogen (secondary N) is 1. The van der Waals surface area contributed by atoms with Crippen LogP contribution in [0, 0.1) is 0 Å². The van der Waals surface area contributed by atoms with Crippen molar-refractivity contribution >= 4 is 43.9 Å². The van der Waals surface area contributed by atoms with Gasteiger partial charge in [0, 0.05) is 28.8 Å². The highest BCUT2D eigenvalue weighted by atomic mass is 32.1. The quantitative estimate of drug-likeness (QED) is 0.452. The average molecular weight is 467 g/mol. The summed E-state index contributed by atoms with van der Waals surface area (Å²) >= 11 is 2.99. The zero-order chi connectivity index (χ0) is 22.1. The van der Waals surface area contributed by atoms with Crippen molar-refractivity contribution in [1.82, 2.24) is 14.5 Å². The Morgan fingerprint density at radius 3 is 2.97 bits per heavy atom. The molecule has 1 N–H and O–H groups in total. The van der Waals surface area contributed by atoms with E-state index >= 15 is 0 Å². The fourth-order valence-electron chi connectivity index (χ4n) is 4.06. The maximum Gasteiger partial charge on any atom is 0.262 e. The van der Waals surface area contributed by atoms with Gasteiger partial charge in [-0.1, -0.05) is 12.1 Å². The van der Waals surface area contributed by atoms with Crippen LogP contribution < -0.4 is 15.6 Å². The molecule has 5 rings (SSSR count). The van der Waals surface area contributed by atoms with Gasteiger partial charge in [0.25, 0.3) is 5.56 Å². The lowest BCUT2D eigenvalue weighted by molar-refractivity contribution is -0.116. The summed E-state index contributed by atoms with van der Waals surface area (Å²) in [6.45, 7) is 0.281. The molecule has 0 saturated heterocycles. The van der Waals surface area contributed by atoms with Crippen molar-refractivity contribution in [2.75, 3.05) is 12.4 Å². The molecule has 0 aliphatic heterocycles. The van der Waals surface area contributed by atoms with Gasteiger partial charge in [0.2, 0.25) is 5.91 Å². The van der Waals surface area contributed by atoms with E-state index in [2.05, 4.69) is 15.3 Å². The number of methoxy groups -OCH3 is 1. The summed E-state index contributed by atoms with van der Waals surface area (Å²) in [6, 6.07) is 7.62. The largest absolute Gasteiger partial charge is 0.496 e. The van der Waals surface area contributed by atoms with Gasteiger partial charge >= 0.3 is 0 Å². The number of carbonyl (C=O) groups is 1. The van der Waals surface area contributed by atoms with Crippen LogP contribution >= 0.6 is 22.7 Å². The predicted octanol–water partition coefficient (Wildman–Crippen LogP) is 4.50. The molecular weight excluding hydrogens is 444 g/mol.